The van der Waals surface area contributed by atoms with Gasteiger partial charge >= 0.3 is 6.03 Å². The Kier molecular flexibility index (Phi) is 3.40. The van der Waals surface area contributed by atoms with E-state index in [1.807, 2.05) is 11.8 Å². The summed E-state index contributed by atoms with van der Waals surface area (Å²) in [5.41, 5.74) is 0. The highest BCUT2D eigenvalue weighted by Crippen LogP contribution is 2.18. The molecule has 3 rings (SSSR count). The number of aryl methyl sites for hydroxylation is 1. The van der Waals surface area contributed by atoms with Crippen LogP contribution >= 0.6 is 0 Å². The molecule has 2 amide bonds. The van der Waals surface area contributed by atoms with Gasteiger partial charge in [0, 0.05) is 19.1 Å². The van der Waals surface area contributed by atoms with Crippen LogP contribution in [-0.4, -0.2) is 38.3 Å². The molecule has 1 saturated carbocycles. The number of amides is 2. The summed E-state index contributed by atoms with van der Waals surface area (Å²) in [6.07, 6.45) is 6.01. The first-order chi connectivity index (χ1) is 9.24. The first-order valence-electron chi connectivity index (χ1n) is 7.18. The molecule has 1 aromatic heterocycles. The Labute approximate surface area is 113 Å². The van der Waals surface area contributed by atoms with Crippen molar-refractivity contribution in [3.05, 3.63) is 11.6 Å². The Morgan fingerprint density at radius 1 is 1.21 bits per heavy atom. The second kappa shape index (κ2) is 5.19. The quantitative estimate of drug-likeness (QED) is 0.834. The second-order valence-electron chi connectivity index (χ2n) is 5.52. The van der Waals surface area contributed by atoms with Crippen molar-refractivity contribution in [2.45, 2.75) is 58.2 Å². The number of hydrogen-bond donors (Lipinski definition) is 1. The molecule has 0 radical (unpaired) electrons. The van der Waals surface area contributed by atoms with E-state index in [0.29, 0.717) is 12.6 Å². The lowest BCUT2D eigenvalue weighted by Gasteiger charge is -2.31. The van der Waals surface area contributed by atoms with Crippen LogP contribution in [0.2, 0.25) is 0 Å². The third kappa shape index (κ3) is 2.57. The number of carbonyl (C=O) groups excluding carboxylic acids is 1. The summed E-state index contributed by atoms with van der Waals surface area (Å²) in [6, 6.07) is 0.418. The summed E-state index contributed by atoms with van der Waals surface area (Å²) in [5.74, 6) is 1.82. The fraction of sp³-hybridized carbons (Fsp3) is 0.769. The smallest absolute Gasteiger partial charge is 0.318 e. The van der Waals surface area contributed by atoms with Gasteiger partial charge in [0.25, 0.3) is 0 Å². The van der Waals surface area contributed by atoms with E-state index < -0.39 is 0 Å². The van der Waals surface area contributed by atoms with Crippen molar-refractivity contribution >= 4 is 6.03 Å². The van der Waals surface area contributed by atoms with Crippen molar-refractivity contribution in [3.8, 4) is 0 Å². The molecule has 6 heteroatoms. The van der Waals surface area contributed by atoms with Gasteiger partial charge in [-0.2, -0.15) is 0 Å². The van der Waals surface area contributed by atoms with Gasteiger partial charge in [-0.15, -0.1) is 10.2 Å². The zero-order valence-corrected chi connectivity index (χ0v) is 11.4. The summed E-state index contributed by atoms with van der Waals surface area (Å²) in [7, 11) is 0. The zero-order chi connectivity index (χ0) is 13.2. The van der Waals surface area contributed by atoms with Crippen LogP contribution in [0, 0.1) is 6.92 Å². The molecule has 0 saturated heterocycles. The molecule has 0 atom stereocenters. The Morgan fingerprint density at radius 3 is 2.79 bits per heavy atom. The van der Waals surface area contributed by atoms with E-state index in [1.54, 1.807) is 0 Å². The van der Waals surface area contributed by atoms with Crippen LogP contribution in [0.25, 0.3) is 0 Å². The summed E-state index contributed by atoms with van der Waals surface area (Å²) in [6.45, 7) is 4.06. The number of hydrogen-bond acceptors (Lipinski definition) is 3. The highest BCUT2D eigenvalue weighted by molar-refractivity contribution is 5.74. The normalized spacial score (nSPS) is 20.2. The number of nitrogens with zero attached hydrogens (tertiary/aromatic N) is 4. The maximum absolute atomic E-state index is 12.2. The van der Waals surface area contributed by atoms with Crippen LogP contribution in [0.15, 0.2) is 0 Å². The zero-order valence-electron chi connectivity index (χ0n) is 11.4. The van der Waals surface area contributed by atoms with Crippen LogP contribution in [0.4, 0.5) is 4.79 Å². The van der Waals surface area contributed by atoms with E-state index in [9.17, 15) is 4.79 Å². The predicted octanol–water partition coefficient (Wildman–Crippen LogP) is 1.44. The highest BCUT2D eigenvalue weighted by Gasteiger charge is 2.25. The molecule has 0 unspecified atom stereocenters. The van der Waals surface area contributed by atoms with Crippen molar-refractivity contribution in [2.24, 2.45) is 0 Å². The summed E-state index contributed by atoms with van der Waals surface area (Å²) in [4.78, 5) is 14.1. The van der Waals surface area contributed by atoms with Crippen LogP contribution in [0.3, 0.4) is 0 Å². The van der Waals surface area contributed by atoms with Crippen LogP contribution in [-0.2, 0) is 13.1 Å². The standard InChI is InChI=1S/C13H21N5O/c1-10-15-16-12-9-17(7-8-18(10)12)13(19)14-11-5-3-2-4-6-11/h11H,2-9H2,1H3,(H,14,19). The third-order valence-corrected chi connectivity index (χ3v) is 4.16. The Morgan fingerprint density at radius 2 is 2.00 bits per heavy atom. The molecule has 104 valence electrons. The van der Waals surface area contributed by atoms with E-state index in [-0.39, 0.29) is 6.03 Å². The average molecular weight is 263 g/mol. The lowest BCUT2D eigenvalue weighted by molar-refractivity contribution is 0.174. The molecule has 2 heterocycles. The number of aromatic nitrogens is 3. The number of fused-ring (bicyclic) bond motifs is 1. The van der Waals surface area contributed by atoms with E-state index in [4.69, 9.17) is 0 Å². The molecule has 6 nitrogen and oxygen atoms in total. The Bertz CT molecular complexity index is 464. The SMILES string of the molecule is Cc1nnc2n1CCN(C(=O)NC1CCCCC1)C2. The monoisotopic (exact) mass is 263 g/mol. The molecule has 0 aromatic carbocycles. The van der Waals surface area contributed by atoms with Gasteiger partial charge in [0.1, 0.15) is 5.82 Å². The third-order valence-electron chi connectivity index (χ3n) is 4.16. The lowest BCUT2D eigenvalue weighted by atomic mass is 9.96. The number of urea groups is 1. The minimum absolute atomic E-state index is 0.0544. The van der Waals surface area contributed by atoms with Gasteiger partial charge in [-0.25, -0.2) is 4.79 Å². The van der Waals surface area contributed by atoms with Gasteiger partial charge in [-0.3, -0.25) is 0 Å². The highest BCUT2D eigenvalue weighted by atomic mass is 16.2. The molecule has 19 heavy (non-hydrogen) atoms. The Balaban J connectivity index is 1.59. The molecule has 1 aliphatic heterocycles. The number of carbonyl (C=O) groups is 1. The van der Waals surface area contributed by atoms with Gasteiger partial charge < -0.3 is 14.8 Å². The molecular formula is C13H21N5O. The summed E-state index contributed by atoms with van der Waals surface area (Å²) in [5, 5.41) is 11.3. The molecule has 1 aliphatic carbocycles. The van der Waals surface area contributed by atoms with Crippen LogP contribution < -0.4 is 5.32 Å². The van der Waals surface area contributed by atoms with Gasteiger partial charge in [0.05, 0.1) is 6.54 Å². The van der Waals surface area contributed by atoms with Crippen molar-refractivity contribution in [3.63, 3.8) is 0 Å². The van der Waals surface area contributed by atoms with Crippen molar-refractivity contribution < 1.29 is 4.79 Å². The molecule has 2 aliphatic rings. The molecular weight excluding hydrogens is 242 g/mol. The fourth-order valence-electron chi connectivity index (χ4n) is 2.99. The van der Waals surface area contributed by atoms with Gasteiger partial charge in [0.15, 0.2) is 5.82 Å². The number of rotatable bonds is 1. The van der Waals surface area contributed by atoms with E-state index in [1.165, 1.54) is 19.3 Å². The predicted molar refractivity (Wildman–Crippen MR) is 70.6 cm³/mol. The molecule has 1 fully saturated rings. The van der Waals surface area contributed by atoms with Crippen LogP contribution in [0.5, 0.6) is 0 Å². The molecule has 1 aromatic rings. The summed E-state index contributed by atoms with van der Waals surface area (Å²) >= 11 is 0. The molecule has 0 spiro atoms. The van der Waals surface area contributed by atoms with Gasteiger partial charge in [0.2, 0.25) is 0 Å². The number of nitrogens with one attached hydrogen (secondary N) is 1. The molecule has 0 bridgehead atoms. The van der Waals surface area contributed by atoms with Crippen LogP contribution in [0.1, 0.15) is 43.8 Å². The van der Waals surface area contributed by atoms with Gasteiger partial charge in [-0.05, 0) is 19.8 Å². The minimum atomic E-state index is 0.0544. The minimum Gasteiger partial charge on any atom is -0.335 e. The topological polar surface area (TPSA) is 63.1 Å². The summed E-state index contributed by atoms with van der Waals surface area (Å²) < 4.78 is 2.09. The van der Waals surface area contributed by atoms with Crippen molar-refractivity contribution in [1.29, 1.82) is 0 Å². The first kappa shape index (κ1) is 12.4. The largest absolute Gasteiger partial charge is 0.335 e. The maximum atomic E-state index is 12.2. The molecule has 1 N–H and O–H groups in total. The van der Waals surface area contributed by atoms with Gasteiger partial charge in [-0.1, -0.05) is 19.3 Å². The van der Waals surface area contributed by atoms with E-state index >= 15 is 0 Å². The fourth-order valence-corrected chi connectivity index (χ4v) is 2.99. The maximum Gasteiger partial charge on any atom is 0.318 e. The van der Waals surface area contributed by atoms with Crippen molar-refractivity contribution in [1.82, 2.24) is 25.0 Å². The van der Waals surface area contributed by atoms with E-state index in [2.05, 4.69) is 20.1 Å². The first-order valence-corrected chi connectivity index (χ1v) is 7.18. The Hall–Kier alpha value is -1.59. The van der Waals surface area contributed by atoms with E-state index in [0.717, 1.165) is 37.6 Å². The second-order valence-corrected chi connectivity index (χ2v) is 5.52. The van der Waals surface area contributed by atoms with Crippen molar-refractivity contribution in [2.75, 3.05) is 6.54 Å². The average Bonchev–Trinajstić information content (AvgIpc) is 2.81. The lowest BCUT2D eigenvalue weighted by Crippen LogP contribution is -2.48.